The van der Waals surface area contributed by atoms with Gasteiger partial charge in [-0.1, -0.05) is 20.8 Å². The first kappa shape index (κ1) is 20.6. The third-order valence-corrected chi connectivity index (χ3v) is 3.97. The standard InChI is InChI=1S/C14H20F6N2O2/c1-11(2)4-8(22-10(24)14(18,19)20)5-12(3,6-11)7-21-9(23)13(15,16)17/h8H,4-7H2,1-3H3,(H,21,23)(H,22,24)/t8-,12-/m1/s1. The molecule has 0 aromatic rings. The third kappa shape index (κ3) is 5.86. The number of amides is 2. The van der Waals surface area contributed by atoms with Gasteiger partial charge in [-0.15, -0.1) is 0 Å². The maximum absolute atomic E-state index is 12.4. The van der Waals surface area contributed by atoms with Crippen LogP contribution in [0.15, 0.2) is 0 Å². The molecule has 0 aromatic carbocycles. The quantitative estimate of drug-likeness (QED) is 0.759. The van der Waals surface area contributed by atoms with Crippen LogP contribution in [-0.2, 0) is 9.59 Å². The molecule has 1 saturated carbocycles. The minimum absolute atomic E-state index is 0.0381. The molecule has 0 radical (unpaired) electrons. The summed E-state index contributed by atoms with van der Waals surface area (Å²) in [5.74, 6) is -4.17. The number of rotatable bonds is 3. The van der Waals surface area contributed by atoms with Crippen molar-refractivity contribution >= 4 is 11.8 Å². The number of carbonyl (C=O) groups is 2. The van der Waals surface area contributed by atoms with Crippen LogP contribution in [0.4, 0.5) is 26.3 Å². The van der Waals surface area contributed by atoms with Gasteiger partial charge in [0, 0.05) is 12.6 Å². The smallest absolute Gasteiger partial charge is 0.348 e. The van der Waals surface area contributed by atoms with Crippen molar-refractivity contribution in [2.24, 2.45) is 10.8 Å². The van der Waals surface area contributed by atoms with Crippen LogP contribution in [0.1, 0.15) is 40.0 Å². The van der Waals surface area contributed by atoms with E-state index >= 15 is 0 Å². The minimum atomic E-state index is -5.03. The van der Waals surface area contributed by atoms with Gasteiger partial charge in [0.2, 0.25) is 0 Å². The van der Waals surface area contributed by atoms with E-state index in [1.807, 2.05) is 5.32 Å². The summed E-state index contributed by atoms with van der Waals surface area (Å²) in [4.78, 5) is 22.0. The van der Waals surface area contributed by atoms with Crippen molar-refractivity contribution in [1.82, 2.24) is 10.6 Å². The number of hydrogen-bond acceptors (Lipinski definition) is 2. The van der Waals surface area contributed by atoms with Crippen molar-refractivity contribution < 1.29 is 35.9 Å². The van der Waals surface area contributed by atoms with Gasteiger partial charge in [-0.3, -0.25) is 9.59 Å². The summed E-state index contributed by atoms with van der Waals surface area (Å²) in [7, 11) is 0. The SMILES string of the molecule is CC1(C)C[C@@H](NC(=O)C(F)(F)F)C[C@@](C)(CNC(=O)C(F)(F)F)C1. The van der Waals surface area contributed by atoms with E-state index in [2.05, 4.69) is 0 Å². The van der Waals surface area contributed by atoms with Gasteiger partial charge in [0.05, 0.1) is 0 Å². The Balaban J connectivity index is 2.80. The second-order valence-electron chi connectivity index (χ2n) is 7.41. The van der Waals surface area contributed by atoms with Crippen LogP contribution in [0.2, 0.25) is 0 Å². The molecule has 140 valence electrons. The number of halogens is 6. The lowest BCUT2D eigenvalue weighted by Gasteiger charge is -2.47. The fourth-order valence-electron chi connectivity index (χ4n) is 3.53. The maximum atomic E-state index is 12.4. The lowest BCUT2D eigenvalue weighted by molar-refractivity contribution is -0.175. The minimum Gasteiger partial charge on any atom is -0.348 e. The van der Waals surface area contributed by atoms with Crippen LogP contribution in [0, 0.1) is 10.8 Å². The van der Waals surface area contributed by atoms with Crippen molar-refractivity contribution in [3.63, 3.8) is 0 Å². The Hall–Kier alpha value is -1.48. The molecule has 4 nitrogen and oxygen atoms in total. The van der Waals surface area contributed by atoms with Gasteiger partial charge in [-0.05, 0) is 30.1 Å². The van der Waals surface area contributed by atoms with Gasteiger partial charge in [0.1, 0.15) is 0 Å². The molecule has 1 fully saturated rings. The van der Waals surface area contributed by atoms with E-state index in [1.165, 1.54) is 0 Å². The molecule has 0 heterocycles. The van der Waals surface area contributed by atoms with E-state index in [-0.39, 0.29) is 19.4 Å². The molecule has 10 heteroatoms. The first-order chi connectivity index (χ1) is 10.5. The lowest BCUT2D eigenvalue weighted by Crippen LogP contribution is -2.53. The topological polar surface area (TPSA) is 58.2 Å². The zero-order chi connectivity index (χ0) is 19.0. The van der Waals surface area contributed by atoms with E-state index in [9.17, 15) is 35.9 Å². The van der Waals surface area contributed by atoms with E-state index < -0.39 is 41.0 Å². The lowest BCUT2D eigenvalue weighted by atomic mass is 9.62. The Labute approximate surface area is 135 Å². The van der Waals surface area contributed by atoms with Gasteiger partial charge in [0.15, 0.2) is 0 Å². The Kier molecular flexibility index (Phi) is 5.52. The Morgan fingerprint density at radius 1 is 0.958 bits per heavy atom. The maximum Gasteiger partial charge on any atom is 0.471 e. The van der Waals surface area contributed by atoms with E-state index in [0.29, 0.717) is 6.42 Å². The molecule has 2 amide bonds. The van der Waals surface area contributed by atoms with Crippen LogP contribution < -0.4 is 10.6 Å². The summed E-state index contributed by atoms with van der Waals surface area (Å²) >= 11 is 0. The molecular weight excluding hydrogens is 342 g/mol. The van der Waals surface area contributed by atoms with E-state index in [4.69, 9.17) is 0 Å². The number of alkyl halides is 6. The first-order valence-corrected chi connectivity index (χ1v) is 7.27. The van der Waals surface area contributed by atoms with Crippen LogP contribution in [-0.4, -0.2) is 36.8 Å². The van der Waals surface area contributed by atoms with Gasteiger partial charge >= 0.3 is 24.2 Å². The van der Waals surface area contributed by atoms with Crippen molar-refractivity contribution in [3.8, 4) is 0 Å². The molecule has 24 heavy (non-hydrogen) atoms. The van der Waals surface area contributed by atoms with Crippen LogP contribution in [0.3, 0.4) is 0 Å². The molecule has 1 aliphatic rings. The van der Waals surface area contributed by atoms with Crippen LogP contribution in [0.5, 0.6) is 0 Å². The molecule has 0 spiro atoms. The molecule has 1 rings (SSSR count). The summed E-state index contributed by atoms with van der Waals surface area (Å²) in [5, 5.41) is 3.66. The summed E-state index contributed by atoms with van der Waals surface area (Å²) in [6, 6.07) is -0.837. The molecule has 2 N–H and O–H groups in total. The first-order valence-electron chi connectivity index (χ1n) is 7.27. The fourth-order valence-corrected chi connectivity index (χ4v) is 3.53. The van der Waals surface area contributed by atoms with Gasteiger partial charge in [0.25, 0.3) is 0 Å². The zero-order valence-electron chi connectivity index (χ0n) is 13.5. The Morgan fingerprint density at radius 3 is 1.92 bits per heavy atom. The van der Waals surface area contributed by atoms with Crippen molar-refractivity contribution in [2.75, 3.05) is 6.54 Å². The van der Waals surface area contributed by atoms with Gasteiger partial charge in [-0.25, -0.2) is 0 Å². The molecule has 0 bridgehead atoms. The monoisotopic (exact) mass is 362 g/mol. The molecule has 0 aromatic heterocycles. The van der Waals surface area contributed by atoms with Gasteiger partial charge < -0.3 is 10.6 Å². The Morgan fingerprint density at radius 2 is 1.46 bits per heavy atom. The molecule has 0 unspecified atom stereocenters. The predicted octanol–water partition coefficient (Wildman–Crippen LogP) is 2.93. The number of hydrogen-bond donors (Lipinski definition) is 2. The zero-order valence-corrected chi connectivity index (χ0v) is 13.5. The van der Waals surface area contributed by atoms with E-state index in [0.717, 1.165) is 0 Å². The summed E-state index contributed by atoms with van der Waals surface area (Å²) < 4.78 is 73.9. The average molecular weight is 362 g/mol. The normalized spacial score (nSPS) is 27.5. The van der Waals surface area contributed by atoms with Crippen LogP contribution in [0.25, 0.3) is 0 Å². The predicted molar refractivity (Wildman–Crippen MR) is 72.8 cm³/mol. The average Bonchev–Trinajstić information content (AvgIpc) is 2.31. The highest BCUT2D eigenvalue weighted by Crippen LogP contribution is 2.46. The molecule has 2 atom stereocenters. The highest BCUT2D eigenvalue weighted by atomic mass is 19.4. The number of nitrogens with one attached hydrogen (secondary N) is 2. The highest BCUT2D eigenvalue weighted by molar-refractivity contribution is 5.82. The highest BCUT2D eigenvalue weighted by Gasteiger charge is 2.46. The molecule has 0 aliphatic heterocycles. The molecule has 1 aliphatic carbocycles. The summed E-state index contributed by atoms with van der Waals surface area (Å²) in [5.41, 5.74) is -1.37. The second kappa shape index (κ2) is 6.44. The molecular formula is C14H20F6N2O2. The van der Waals surface area contributed by atoms with Gasteiger partial charge in [-0.2, -0.15) is 26.3 Å². The van der Waals surface area contributed by atoms with Crippen LogP contribution >= 0.6 is 0 Å². The van der Waals surface area contributed by atoms with Crippen molar-refractivity contribution in [2.45, 2.75) is 58.4 Å². The van der Waals surface area contributed by atoms with Crippen molar-refractivity contribution in [1.29, 1.82) is 0 Å². The third-order valence-electron chi connectivity index (χ3n) is 3.97. The summed E-state index contributed by atoms with van der Waals surface area (Å²) in [6.07, 6.45) is -9.35. The second-order valence-corrected chi connectivity index (χ2v) is 7.41. The molecule has 0 saturated heterocycles. The summed E-state index contributed by atoms with van der Waals surface area (Å²) in [6.45, 7) is 4.75. The number of carbonyl (C=O) groups excluding carboxylic acids is 2. The largest absolute Gasteiger partial charge is 0.471 e. The fraction of sp³-hybridized carbons (Fsp3) is 0.857. The Bertz CT molecular complexity index is 500. The van der Waals surface area contributed by atoms with E-state index in [1.54, 1.807) is 26.1 Å². The van der Waals surface area contributed by atoms with Crippen molar-refractivity contribution in [3.05, 3.63) is 0 Å².